The van der Waals surface area contributed by atoms with Crippen molar-refractivity contribution in [3.8, 4) is 0 Å². The van der Waals surface area contributed by atoms with Gasteiger partial charge in [-0.3, -0.25) is 14.5 Å². The molecule has 0 aliphatic carbocycles. The molecule has 2 aromatic carbocycles. The maximum Gasteiger partial charge on any atom is 0.251 e. The Bertz CT molecular complexity index is 927. The van der Waals surface area contributed by atoms with Crippen molar-refractivity contribution >= 4 is 23.2 Å². The van der Waals surface area contributed by atoms with Gasteiger partial charge >= 0.3 is 0 Å². The molecule has 7 heteroatoms. The number of carbonyl (C=O) groups excluding carboxylic acids is 2. The van der Waals surface area contributed by atoms with E-state index in [0.717, 1.165) is 16.1 Å². The van der Waals surface area contributed by atoms with Crippen LogP contribution in [-0.4, -0.2) is 42.3 Å². The number of nitrogens with one attached hydrogen (secondary N) is 2. The van der Waals surface area contributed by atoms with E-state index in [1.165, 1.54) is 11.3 Å². The lowest BCUT2D eigenvalue weighted by atomic mass is 10.1. The average molecular weight is 409 g/mol. The lowest BCUT2D eigenvalue weighted by Gasteiger charge is -2.21. The molecular weight excluding hydrogens is 384 g/mol. The Morgan fingerprint density at radius 1 is 1.10 bits per heavy atom. The largest absolute Gasteiger partial charge is 0.355 e. The van der Waals surface area contributed by atoms with Crippen LogP contribution in [-0.2, 0) is 11.3 Å². The molecule has 0 fully saturated rings. The Morgan fingerprint density at radius 2 is 1.83 bits per heavy atom. The SMILES string of the molecule is CNC(=O)c1ccc(CN(C)CC(=O)NC(c2ccccc2)c2nccs2)cc1. The number of nitrogens with zero attached hydrogens (tertiary/aromatic N) is 2. The second-order valence-electron chi connectivity index (χ2n) is 6.73. The van der Waals surface area contributed by atoms with Gasteiger partial charge in [0.25, 0.3) is 5.91 Å². The molecule has 0 aliphatic rings. The van der Waals surface area contributed by atoms with Gasteiger partial charge in [-0.25, -0.2) is 4.98 Å². The van der Waals surface area contributed by atoms with Gasteiger partial charge in [-0.15, -0.1) is 11.3 Å². The van der Waals surface area contributed by atoms with Crippen LogP contribution in [0.25, 0.3) is 0 Å². The Labute approximate surface area is 174 Å². The smallest absolute Gasteiger partial charge is 0.251 e. The molecule has 0 bridgehead atoms. The highest BCUT2D eigenvalue weighted by Crippen LogP contribution is 2.23. The van der Waals surface area contributed by atoms with Crippen LogP contribution in [0.5, 0.6) is 0 Å². The van der Waals surface area contributed by atoms with E-state index in [1.807, 2.05) is 59.8 Å². The number of rotatable bonds is 8. The van der Waals surface area contributed by atoms with Gasteiger partial charge in [0.1, 0.15) is 11.0 Å². The van der Waals surface area contributed by atoms with Crippen molar-refractivity contribution in [2.24, 2.45) is 0 Å². The van der Waals surface area contributed by atoms with Gasteiger partial charge in [-0.2, -0.15) is 0 Å². The van der Waals surface area contributed by atoms with Crippen LogP contribution >= 0.6 is 11.3 Å². The Balaban J connectivity index is 1.60. The van der Waals surface area contributed by atoms with E-state index < -0.39 is 0 Å². The van der Waals surface area contributed by atoms with Crippen LogP contribution in [0.1, 0.15) is 32.5 Å². The number of thiazole rings is 1. The second kappa shape index (κ2) is 9.95. The molecular formula is C22H24N4O2S. The topological polar surface area (TPSA) is 74.3 Å². The summed E-state index contributed by atoms with van der Waals surface area (Å²) in [5, 5.41) is 8.47. The van der Waals surface area contributed by atoms with E-state index in [9.17, 15) is 9.59 Å². The van der Waals surface area contributed by atoms with Crippen molar-refractivity contribution in [2.75, 3.05) is 20.6 Å². The first kappa shape index (κ1) is 20.7. The quantitative estimate of drug-likeness (QED) is 0.601. The van der Waals surface area contributed by atoms with E-state index in [2.05, 4.69) is 15.6 Å². The summed E-state index contributed by atoms with van der Waals surface area (Å²) in [6.45, 7) is 0.862. The Morgan fingerprint density at radius 3 is 2.45 bits per heavy atom. The first-order chi connectivity index (χ1) is 14.1. The van der Waals surface area contributed by atoms with E-state index >= 15 is 0 Å². The summed E-state index contributed by atoms with van der Waals surface area (Å²) in [5.41, 5.74) is 2.65. The fraction of sp³-hybridized carbons (Fsp3) is 0.227. The van der Waals surface area contributed by atoms with Gasteiger partial charge in [0.05, 0.1) is 6.54 Å². The molecule has 1 heterocycles. The third-order valence-corrected chi connectivity index (χ3v) is 5.29. The van der Waals surface area contributed by atoms with Crippen molar-refractivity contribution in [2.45, 2.75) is 12.6 Å². The monoisotopic (exact) mass is 408 g/mol. The molecule has 6 nitrogen and oxygen atoms in total. The molecule has 0 saturated heterocycles. The zero-order valence-electron chi connectivity index (χ0n) is 16.5. The summed E-state index contributed by atoms with van der Waals surface area (Å²) < 4.78 is 0. The van der Waals surface area contributed by atoms with E-state index in [4.69, 9.17) is 0 Å². The van der Waals surface area contributed by atoms with Gasteiger partial charge in [0, 0.05) is 30.7 Å². The number of carbonyl (C=O) groups is 2. The second-order valence-corrected chi connectivity index (χ2v) is 7.66. The highest BCUT2D eigenvalue weighted by atomic mass is 32.1. The Kier molecular flexibility index (Phi) is 7.10. The predicted octanol–water partition coefficient (Wildman–Crippen LogP) is 2.84. The van der Waals surface area contributed by atoms with E-state index in [1.54, 1.807) is 25.4 Å². The maximum absolute atomic E-state index is 12.7. The molecule has 29 heavy (non-hydrogen) atoms. The molecule has 0 radical (unpaired) electrons. The molecule has 150 valence electrons. The highest BCUT2D eigenvalue weighted by molar-refractivity contribution is 7.09. The summed E-state index contributed by atoms with van der Waals surface area (Å²) in [5.74, 6) is -0.183. The fourth-order valence-electron chi connectivity index (χ4n) is 3.04. The minimum atomic E-state index is -0.260. The minimum Gasteiger partial charge on any atom is -0.355 e. The van der Waals surface area contributed by atoms with Crippen LogP contribution < -0.4 is 10.6 Å². The molecule has 0 aliphatic heterocycles. The van der Waals surface area contributed by atoms with Crippen molar-refractivity contribution in [3.05, 3.63) is 87.9 Å². The summed E-state index contributed by atoms with van der Waals surface area (Å²) >= 11 is 1.52. The first-order valence-corrected chi connectivity index (χ1v) is 10.2. The Hall–Kier alpha value is -3.03. The first-order valence-electron chi connectivity index (χ1n) is 9.30. The standard InChI is InChI=1S/C22H24N4O2S/c1-23-21(28)18-10-8-16(9-11-18)14-26(2)15-19(27)25-20(22-24-12-13-29-22)17-6-4-3-5-7-17/h3-13,20H,14-15H2,1-2H3,(H,23,28)(H,25,27). The van der Waals surface area contributed by atoms with E-state index in [0.29, 0.717) is 12.1 Å². The number of amides is 2. The zero-order chi connectivity index (χ0) is 20.6. The van der Waals surface area contributed by atoms with Crippen LogP contribution in [0.3, 0.4) is 0 Å². The number of benzene rings is 2. The van der Waals surface area contributed by atoms with Crippen molar-refractivity contribution in [1.82, 2.24) is 20.5 Å². The molecule has 2 N–H and O–H groups in total. The van der Waals surface area contributed by atoms with E-state index in [-0.39, 0.29) is 24.4 Å². The molecule has 1 unspecified atom stereocenters. The minimum absolute atomic E-state index is 0.0708. The van der Waals surface area contributed by atoms with Crippen molar-refractivity contribution in [1.29, 1.82) is 0 Å². The number of hydrogen-bond acceptors (Lipinski definition) is 5. The van der Waals surface area contributed by atoms with Gasteiger partial charge in [-0.05, 0) is 30.3 Å². The number of hydrogen-bond donors (Lipinski definition) is 2. The predicted molar refractivity (Wildman–Crippen MR) is 115 cm³/mol. The average Bonchev–Trinajstić information content (AvgIpc) is 3.27. The molecule has 0 spiro atoms. The van der Waals surface area contributed by atoms with Crippen LogP contribution in [0.2, 0.25) is 0 Å². The summed E-state index contributed by atoms with van der Waals surface area (Å²) in [6.07, 6.45) is 1.75. The molecule has 1 atom stereocenters. The van der Waals surface area contributed by atoms with Gasteiger partial charge in [-0.1, -0.05) is 42.5 Å². The summed E-state index contributed by atoms with van der Waals surface area (Å²) in [4.78, 5) is 30.6. The third-order valence-electron chi connectivity index (χ3n) is 4.45. The number of aromatic nitrogens is 1. The lowest BCUT2D eigenvalue weighted by Crippen LogP contribution is -2.37. The van der Waals surface area contributed by atoms with Crippen molar-refractivity contribution in [3.63, 3.8) is 0 Å². The van der Waals surface area contributed by atoms with Gasteiger partial charge in [0.2, 0.25) is 5.91 Å². The van der Waals surface area contributed by atoms with Crippen molar-refractivity contribution < 1.29 is 9.59 Å². The zero-order valence-corrected chi connectivity index (χ0v) is 17.3. The molecule has 3 rings (SSSR count). The van der Waals surface area contributed by atoms with Gasteiger partial charge < -0.3 is 10.6 Å². The lowest BCUT2D eigenvalue weighted by molar-refractivity contribution is -0.122. The molecule has 1 aromatic heterocycles. The summed E-state index contributed by atoms with van der Waals surface area (Å²) in [6, 6.07) is 17.0. The fourth-order valence-corrected chi connectivity index (χ4v) is 3.75. The van der Waals surface area contributed by atoms with Gasteiger partial charge in [0.15, 0.2) is 0 Å². The number of likely N-dealkylation sites (N-methyl/N-ethyl adjacent to an activating group) is 1. The summed E-state index contributed by atoms with van der Waals surface area (Å²) in [7, 11) is 3.50. The maximum atomic E-state index is 12.7. The van der Waals surface area contributed by atoms with Crippen LogP contribution in [0, 0.1) is 0 Å². The molecule has 3 aromatic rings. The highest BCUT2D eigenvalue weighted by Gasteiger charge is 2.19. The third kappa shape index (κ3) is 5.73. The van der Waals surface area contributed by atoms with Crippen LogP contribution in [0.15, 0.2) is 66.2 Å². The van der Waals surface area contributed by atoms with Crippen LogP contribution in [0.4, 0.5) is 0 Å². The normalized spacial score (nSPS) is 11.8. The molecule has 2 amide bonds. The molecule has 0 saturated carbocycles.